The Morgan fingerprint density at radius 3 is 2.70 bits per heavy atom. The lowest BCUT2D eigenvalue weighted by atomic mass is 10.2. The van der Waals surface area contributed by atoms with Crippen molar-refractivity contribution in [1.82, 2.24) is 14.8 Å². The molecule has 140 valence electrons. The predicted octanol–water partition coefficient (Wildman–Crippen LogP) is 4.27. The number of rotatable bonds is 7. The number of aromatic nitrogens is 3. The quantitative estimate of drug-likeness (QED) is 0.598. The topological polar surface area (TPSA) is 69.0 Å². The zero-order valence-electron chi connectivity index (χ0n) is 15.0. The van der Waals surface area contributed by atoms with Crippen LogP contribution in [0.1, 0.15) is 6.92 Å². The van der Waals surface area contributed by atoms with Crippen molar-refractivity contribution < 1.29 is 9.53 Å². The molecule has 0 radical (unpaired) electrons. The molecule has 0 aliphatic rings. The third kappa shape index (κ3) is 4.61. The van der Waals surface area contributed by atoms with Crippen LogP contribution in [0, 0.1) is 0 Å². The molecule has 1 amide bonds. The smallest absolute Gasteiger partial charge is 0.234 e. The minimum absolute atomic E-state index is 0.144. The molecule has 0 atom stereocenters. The third-order valence-corrected chi connectivity index (χ3v) is 5.09. The normalized spacial score (nSPS) is 10.6. The summed E-state index contributed by atoms with van der Waals surface area (Å²) in [4.78, 5) is 12.3. The number of nitrogens with one attached hydrogen (secondary N) is 1. The standard InChI is InChI=1S/C19H19ClN4O2S/c1-3-26-16-11-7-6-10-15(16)21-17(25)12-27-19-23-22-18(24(19)2)13-8-4-5-9-14(13)20/h4-11H,3,12H2,1-2H3,(H,21,25). The van der Waals surface area contributed by atoms with Crippen LogP contribution in [0.25, 0.3) is 11.4 Å². The van der Waals surface area contributed by atoms with E-state index in [1.807, 2.05) is 67.1 Å². The van der Waals surface area contributed by atoms with E-state index in [0.29, 0.717) is 34.0 Å². The second-order valence-electron chi connectivity index (χ2n) is 5.61. The molecule has 1 heterocycles. The van der Waals surface area contributed by atoms with Crippen LogP contribution in [0.4, 0.5) is 5.69 Å². The van der Waals surface area contributed by atoms with Gasteiger partial charge in [-0.15, -0.1) is 10.2 Å². The van der Waals surface area contributed by atoms with Gasteiger partial charge in [0.2, 0.25) is 5.91 Å². The second kappa shape index (κ2) is 8.92. The number of amides is 1. The number of hydrogen-bond acceptors (Lipinski definition) is 5. The Morgan fingerprint density at radius 1 is 1.19 bits per heavy atom. The van der Waals surface area contributed by atoms with Crippen LogP contribution in [0.2, 0.25) is 5.02 Å². The Bertz CT molecular complexity index is 945. The first-order chi connectivity index (χ1) is 13.1. The van der Waals surface area contributed by atoms with Crippen LogP contribution < -0.4 is 10.1 Å². The van der Waals surface area contributed by atoms with E-state index in [1.54, 1.807) is 0 Å². The van der Waals surface area contributed by atoms with Gasteiger partial charge in [-0.3, -0.25) is 4.79 Å². The zero-order chi connectivity index (χ0) is 19.2. The highest BCUT2D eigenvalue weighted by Crippen LogP contribution is 2.28. The zero-order valence-corrected chi connectivity index (χ0v) is 16.5. The molecule has 0 spiro atoms. The van der Waals surface area contributed by atoms with E-state index >= 15 is 0 Å². The van der Waals surface area contributed by atoms with Crippen LogP contribution in [0.5, 0.6) is 5.75 Å². The Kier molecular flexibility index (Phi) is 6.36. The summed E-state index contributed by atoms with van der Waals surface area (Å²) in [6.45, 7) is 2.44. The van der Waals surface area contributed by atoms with Gasteiger partial charge >= 0.3 is 0 Å². The van der Waals surface area contributed by atoms with Gasteiger partial charge in [-0.2, -0.15) is 0 Å². The summed E-state index contributed by atoms with van der Waals surface area (Å²) < 4.78 is 7.35. The van der Waals surface area contributed by atoms with Crippen molar-refractivity contribution in [2.75, 3.05) is 17.7 Å². The highest BCUT2D eigenvalue weighted by atomic mass is 35.5. The fraction of sp³-hybridized carbons (Fsp3) is 0.211. The molecule has 0 unspecified atom stereocenters. The molecular weight excluding hydrogens is 384 g/mol. The molecule has 3 rings (SSSR count). The van der Waals surface area contributed by atoms with Gasteiger partial charge in [0.1, 0.15) is 5.75 Å². The van der Waals surface area contributed by atoms with Gasteiger partial charge in [0, 0.05) is 12.6 Å². The minimum atomic E-state index is -0.144. The van der Waals surface area contributed by atoms with Crippen LogP contribution in [0.3, 0.4) is 0 Å². The Morgan fingerprint density at radius 2 is 1.93 bits per heavy atom. The molecule has 0 saturated carbocycles. The first-order valence-corrected chi connectivity index (χ1v) is 9.75. The molecular formula is C19H19ClN4O2S. The van der Waals surface area contributed by atoms with Crippen molar-refractivity contribution in [2.24, 2.45) is 7.05 Å². The number of para-hydroxylation sites is 2. The highest BCUT2D eigenvalue weighted by Gasteiger charge is 2.15. The number of carbonyl (C=O) groups excluding carboxylic acids is 1. The van der Waals surface area contributed by atoms with Crippen LogP contribution in [-0.2, 0) is 11.8 Å². The summed E-state index contributed by atoms with van der Waals surface area (Å²) >= 11 is 7.54. The summed E-state index contributed by atoms with van der Waals surface area (Å²) in [5.41, 5.74) is 1.45. The second-order valence-corrected chi connectivity index (χ2v) is 6.96. The number of ether oxygens (including phenoxy) is 1. The van der Waals surface area contributed by atoms with Gasteiger partial charge in [-0.05, 0) is 31.2 Å². The molecule has 3 aromatic rings. The van der Waals surface area contributed by atoms with Gasteiger partial charge in [-0.25, -0.2) is 0 Å². The van der Waals surface area contributed by atoms with Crippen molar-refractivity contribution >= 4 is 35.0 Å². The van der Waals surface area contributed by atoms with E-state index in [2.05, 4.69) is 15.5 Å². The Balaban J connectivity index is 1.66. The van der Waals surface area contributed by atoms with Crippen molar-refractivity contribution in [3.8, 4) is 17.1 Å². The summed E-state index contributed by atoms with van der Waals surface area (Å²) in [5, 5.41) is 12.5. The lowest BCUT2D eigenvalue weighted by Crippen LogP contribution is -2.15. The lowest BCUT2D eigenvalue weighted by molar-refractivity contribution is -0.113. The minimum Gasteiger partial charge on any atom is -0.492 e. The van der Waals surface area contributed by atoms with Crippen molar-refractivity contribution in [2.45, 2.75) is 12.1 Å². The largest absolute Gasteiger partial charge is 0.492 e. The van der Waals surface area contributed by atoms with E-state index < -0.39 is 0 Å². The maximum atomic E-state index is 12.3. The molecule has 0 aliphatic heterocycles. The fourth-order valence-electron chi connectivity index (χ4n) is 2.49. The van der Waals surface area contributed by atoms with Gasteiger partial charge < -0.3 is 14.6 Å². The Labute approximate surface area is 166 Å². The SMILES string of the molecule is CCOc1ccccc1NC(=O)CSc1nnc(-c2ccccc2Cl)n1C. The van der Waals surface area contributed by atoms with E-state index in [0.717, 1.165) is 5.56 Å². The first kappa shape index (κ1) is 19.3. The third-order valence-electron chi connectivity index (χ3n) is 3.74. The van der Waals surface area contributed by atoms with E-state index in [-0.39, 0.29) is 11.7 Å². The van der Waals surface area contributed by atoms with E-state index in [4.69, 9.17) is 16.3 Å². The molecule has 6 nitrogen and oxygen atoms in total. The molecule has 0 aliphatic carbocycles. The molecule has 2 aromatic carbocycles. The van der Waals surface area contributed by atoms with E-state index in [1.165, 1.54) is 11.8 Å². The number of thioether (sulfide) groups is 1. The van der Waals surface area contributed by atoms with E-state index in [9.17, 15) is 4.79 Å². The van der Waals surface area contributed by atoms with Crippen LogP contribution in [0.15, 0.2) is 53.7 Å². The maximum absolute atomic E-state index is 12.3. The predicted molar refractivity (Wildman–Crippen MR) is 108 cm³/mol. The molecule has 0 bridgehead atoms. The number of benzene rings is 2. The summed E-state index contributed by atoms with van der Waals surface area (Å²) in [6.07, 6.45) is 0. The summed E-state index contributed by atoms with van der Waals surface area (Å²) in [7, 11) is 1.85. The molecule has 1 N–H and O–H groups in total. The monoisotopic (exact) mass is 402 g/mol. The highest BCUT2D eigenvalue weighted by molar-refractivity contribution is 7.99. The summed E-state index contributed by atoms with van der Waals surface area (Å²) in [6, 6.07) is 14.8. The molecule has 0 saturated heterocycles. The molecule has 0 fully saturated rings. The van der Waals surface area contributed by atoms with Crippen LogP contribution >= 0.6 is 23.4 Å². The van der Waals surface area contributed by atoms with Gasteiger partial charge in [0.25, 0.3) is 0 Å². The molecule has 27 heavy (non-hydrogen) atoms. The van der Waals surface area contributed by atoms with Crippen molar-refractivity contribution in [1.29, 1.82) is 0 Å². The van der Waals surface area contributed by atoms with Gasteiger partial charge in [0.05, 0.1) is 23.1 Å². The maximum Gasteiger partial charge on any atom is 0.234 e. The summed E-state index contributed by atoms with van der Waals surface area (Å²) in [5.74, 6) is 1.37. The lowest BCUT2D eigenvalue weighted by Gasteiger charge is -2.11. The number of hydrogen-bond donors (Lipinski definition) is 1. The molecule has 8 heteroatoms. The van der Waals surface area contributed by atoms with Gasteiger partial charge in [0.15, 0.2) is 11.0 Å². The Hall–Kier alpha value is -2.51. The van der Waals surface area contributed by atoms with Crippen molar-refractivity contribution in [3.05, 3.63) is 53.6 Å². The first-order valence-electron chi connectivity index (χ1n) is 8.39. The number of halogens is 1. The fourth-order valence-corrected chi connectivity index (χ4v) is 3.42. The molecule has 1 aromatic heterocycles. The average Bonchev–Trinajstić information content (AvgIpc) is 3.03. The number of nitrogens with zero attached hydrogens (tertiary/aromatic N) is 3. The average molecular weight is 403 g/mol. The number of carbonyl (C=O) groups is 1. The van der Waals surface area contributed by atoms with Crippen LogP contribution in [-0.4, -0.2) is 33.0 Å². The van der Waals surface area contributed by atoms with Crippen molar-refractivity contribution in [3.63, 3.8) is 0 Å². The number of anilines is 1. The van der Waals surface area contributed by atoms with Gasteiger partial charge in [-0.1, -0.05) is 47.6 Å².